The molecule has 2 rings (SSSR count). The highest BCUT2D eigenvalue weighted by Crippen LogP contribution is 2.29. The first-order valence-corrected chi connectivity index (χ1v) is 4.88. The molecule has 1 aromatic rings. The standard InChI is InChI=1S/C11H12FNO2/c12-10-4-2-1-3-7(10)8-5-13-6-9(8)11(14)15/h1-4,8-9,13H,5-6H2,(H,14,15)/t8-,9-/m0/s1. The first-order valence-electron chi connectivity index (χ1n) is 4.88. The number of nitrogens with one attached hydrogen (secondary N) is 1. The lowest BCUT2D eigenvalue weighted by molar-refractivity contribution is -0.141. The van der Waals surface area contributed by atoms with Crippen molar-refractivity contribution in [3.63, 3.8) is 0 Å². The van der Waals surface area contributed by atoms with E-state index in [4.69, 9.17) is 5.11 Å². The lowest BCUT2D eigenvalue weighted by atomic mass is 9.89. The number of rotatable bonds is 2. The summed E-state index contributed by atoms with van der Waals surface area (Å²) in [5.41, 5.74) is 0.495. The maximum Gasteiger partial charge on any atom is 0.308 e. The minimum Gasteiger partial charge on any atom is -0.481 e. The van der Waals surface area contributed by atoms with E-state index in [2.05, 4.69) is 5.32 Å². The van der Waals surface area contributed by atoms with Crippen LogP contribution < -0.4 is 5.32 Å². The Morgan fingerprint density at radius 3 is 2.80 bits per heavy atom. The third-order valence-corrected chi connectivity index (χ3v) is 2.84. The number of carbonyl (C=O) groups is 1. The second-order valence-electron chi connectivity index (χ2n) is 3.73. The molecule has 1 saturated heterocycles. The summed E-state index contributed by atoms with van der Waals surface area (Å²) in [5.74, 6) is -1.98. The number of carboxylic acid groups (broad SMARTS) is 1. The van der Waals surface area contributed by atoms with Crippen molar-refractivity contribution in [2.75, 3.05) is 13.1 Å². The zero-order chi connectivity index (χ0) is 10.8. The largest absolute Gasteiger partial charge is 0.481 e. The summed E-state index contributed by atoms with van der Waals surface area (Å²) < 4.78 is 13.5. The van der Waals surface area contributed by atoms with Crippen LogP contribution in [0.3, 0.4) is 0 Å². The van der Waals surface area contributed by atoms with E-state index in [1.165, 1.54) is 6.07 Å². The number of hydrogen-bond acceptors (Lipinski definition) is 2. The molecular weight excluding hydrogens is 197 g/mol. The fourth-order valence-electron chi connectivity index (χ4n) is 2.04. The van der Waals surface area contributed by atoms with Crippen molar-refractivity contribution in [1.82, 2.24) is 5.32 Å². The average Bonchev–Trinajstić information content (AvgIpc) is 2.67. The normalized spacial score (nSPS) is 25.4. The van der Waals surface area contributed by atoms with Crippen molar-refractivity contribution in [3.05, 3.63) is 35.6 Å². The Labute approximate surface area is 86.9 Å². The molecule has 0 spiro atoms. The van der Waals surface area contributed by atoms with Crippen LogP contribution in [-0.2, 0) is 4.79 Å². The van der Waals surface area contributed by atoms with Gasteiger partial charge in [-0.3, -0.25) is 4.79 Å². The van der Waals surface area contributed by atoms with Gasteiger partial charge < -0.3 is 10.4 Å². The molecule has 1 aliphatic heterocycles. The van der Waals surface area contributed by atoms with Crippen LogP contribution in [-0.4, -0.2) is 24.2 Å². The van der Waals surface area contributed by atoms with E-state index in [-0.39, 0.29) is 11.7 Å². The molecule has 0 bridgehead atoms. The number of benzene rings is 1. The zero-order valence-electron chi connectivity index (χ0n) is 8.11. The summed E-state index contributed by atoms with van der Waals surface area (Å²) in [6.07, 6.45) is 0. The van der Waals surface area contributed by atoms with Gasteiger partial charge in [0.1, 0.15) is 5.82 Å². The number of aliphatic carboxylic acids is 1. The van der Waals surface area contributed by atoms with Gasteiger partial charge in [-0.1, -0.05) is 18.2 Å². The predicted octanol–water partition coefficient (Wildman–Crippen LogP) is 1.21. The first kappa shape index (κ1) is 10.1. The van der Waals surface area contributed by atoms with E-state index >= 15 is 0 Å². The monoisotopic (exact) mass is 209 g/mol. The van der Waals surface area contributed by atoms with Crippen LogP contribution in [0.2, 0.25) is 0 Å². The van der Waals surface area contributed by atoms with Crippen LogP contribution in [0.15, 0.2) is 24.3 Å². The topological polar surface area (TPSA) is 49.3 Å². The molecule has 2 atom stereocenters. The summed E-state index contributed by atoms with van der Waals surface area (Å²) in [4.78, 5) is 10.9. The highest BCUT2D eigenvalue weighted by atomic mass is 19.1. The second-order valence-corrected chi connectivity index (χ2v) is 3.73. The average molecular weight is 209 g/mol. The van der Waals surface area contributed by atoms with Gasteiger partial charge in [-0.25, -0.2) is 4.39 Å². The molecule has 1 fully saturated rings. The lowest BCUT2D eigenvalue weighted by Gasteiger charge is -2.15. The van der Waals surface area contributed by atoms with Gasteiger partial charge in [0.2, 0.25) is 0 Å². The SMILES string of the molecule is O=C(O)[C@H]1CNC[C@H]1c1ccccc1F. The van der Waals surface area contributed by atoms with Crippen LogP contribution in [0.4, 0.5) is 4.39 Å². The Morgan fingerprint density at radius 1 is 1.40 bits per heavy atom. The van der Waals surface area contributed by atoms with E-state index in [1.54, 1.807) is 18.2 Å². The van der Waals surface area contributed by atoms with Gasteiger partial charge in [0.05, 0.1) is 5.92 Å². The minimum atomic E-state index is -0.867. The Hall–Kier alpha value is -1.42. The van der Waals surface area contributed by atoms with E-state index in [0.29, 0.717) is 18.7 Å². The molecule has 2 N–H and O–H groups in total. The third-order valence-electron chi connectivity index (χ3n) is 2.84. The number of halogens is 1. The van der Waals surface area contributed by atoms with Crippen molar-refractivity contribution < 1.29 is 14.3 Å². The van der Waals surface area contributed by atoms with Crippen LogP contribution >= 0.6 is 0 Å². The van der Waals surface area contributed by atoms with Gasteiger partial charge in [-0.15, -0.1) is 0 Å². The first-order chi connectivity index (χ1) is 7.20. The molecule has 15 heavy (non-hydrogen) atoms. The van der Waals surface area contributed by atoms with E-state index < -0.39 is 11.9 Å². The lowest BCUT2D eigenvalue weighted by Crippen LogP contribution is -2.21. The Bertz CT molecular complexity index is 381. The van der Waals surface area contributed by atoms with E-state index in [9.17, 15) is 9.18 Å². The highest BCUT2D eigenvalue weighted by molar-refractivity contribution is 5.72. The van der Waals surface area contributed by atoms with Crippen molar-refractivity contribution in [1.29, 1.82) is 0 Å². The van der Waals surface area contributed by atoms with E-state index in [1.807, 2.05) is 0 Å². The third kappa shape index (κ3) is 1.85. The molecule has 0 unspecified atom stereocenters. The summed E-state index contributed by atoms with van der Waals surface area (Å²) in [5, 5.41) is 12.0. The van der Waals surface area contributed by atoms with Crippen molar-refractivity contribution in [2.45, 2.75) is 5.92 Å². The quantitative estimate of drug-likeness (QED) is 0.769. The molecule has 0 aromatic heterocycles. The fourth-order valence-corrected chi connectivity index (χ4v) is 2.04. The maximum absolute atomic E-state index is 13.5. The molecule has 1 heterocycles. The molecule has 80 valence electrons. The predicted molar refractivity (Wildman–Crippen MR) is 53.1 cm³/mol. The van der Waals surface area contributed by atoms with Gasteiger partial charge in [0, 0.05) is 19.0 Å². The minimum absolute atomic E-state index is 0.260. The molecule has 0 saturated carbocycles. The Morgan fingerprint density at radius 2 is 2.13 bits per heavy atom. The molecule has 4 heteroatoms. The summed E-state index contributed by atoms with van der Waals surface area (Å²) in [6, 6.07) is 6.36. The fraction of sp³-hybridized carbons (Fsp3) is 0.364. The van der Waals surface area contributed by atoms with Gasteiger partial charge >= 0.3 is 5.97 Å². The second kappa shape index (κ2) is 3.98. The summed E-state index contributed by atoms with van der Waals surface area (Å²) >= 11 is 0. The highest BCUT2D eigenvalue weighted by Gasteiger charge is 2.35. The Kier molecular flexibility index (Phi) is 2.68. The van der Waals surface area contributed by atoms with Gasteiger partial charge in [0.15, 0.2) is 0 Å². The van der Waals surface area contributed by atoms with Crippen molar-refractivity contribution in [3.8, 4) is 0 Å². The molecule has 0 amide bonds. The molecule has 1 aromatic carbocycles. The van der Waals surface area contributed by atoms with Crippen molar-refractivity contribution in [2.24, 2.45) is 5.92 Å². The maximum atomic E-state index is 13.5. The van der Waals surface area contributed by atoms with Gasteiger partial charge in [-0.05, 0) is 11.6 Å². The van der Waals surface area contributed by atoms with Crippen LogP contribution in [0.1, 0.15) is 11.5 Å². The van der Waals surface area contributed by atoms with Crippen molar-refractivity contribution >= 4 is 5.97 Å². The van der Waals surface area contributed by atoms with Gasteiger partial charge in [-0.2, -0.15) is 0 Å². The zero-order valence-corrected chi connectivity index (χ0v) is 8.11. The smallest absolute Gasteiger partial charge is 0.308 e. The van der Waals surface area contributed by atoms with Gasteiger partial charge in [0.25, 0.3) is 0 Å². The van der Waals surface area contributed by atoms with Crippen LogP contribution in [0.5, 0.6) is 0 Å². The molecule has 0 aliphatic carbocycles. The summed E-state index contributed by atoms with van der Waals surface area (Å²) in [6.45, 7) is 0.937. The molecule has 0 radical (unpaired) electrons. The Balaban J connectivity index is 2.30. The number of carboxylic acids is 1. The van der Waals surface area contributed by atoms with Crippen LogP contribution in [0.25, 0.3) is 0 Å². The van der Waals surface area contributed by atoms with Crippen LogP contribution in [0, 0.1) is 11.7 Å². The van der Waals surface area contributed by atoms with E-state index in [0.717, 1.165) is 0 Å². The molecular formula is C11H12FNO2. The number of hydrogen-bond donors (Lipinski definition) is 2. The molecule has 1 aliphatic rings. The molecule has 3 nitrogen and oxygen atoms in total. The summed E-state index contributed by atoms with van der Waals surface area (Å²) in [7, 11) is 0.